The van der Waals surface area contributed by atoms with Crippen LogP contribution in [0.25, 0.3) is 10.2 Å². The van der Waals surface area contributed by atoms with E-state index in [1.165, 1.54) is 0 Å². The van der Waals surface area contributed by atoms with Crippen molar-refractivity contribution in [1.82, 2.24) is 15.0 Å². The fourth-order valence-corrected chi connectivity index (χ4v) is 5.16. The first kappa shape index (κ1) is 19.8. The third kappa shape index (κ3) is 3.81. The summed E-state index contributed by atoms with van der Waals surface area (Å²) in [7, 11) is 0. The summed E-state index contributed by atoms with van der Waals surface area (Å²) in [5, 5.41) is 4.97. The molecule has 158 valence electrons. The van der Waals surface area contributed by atoms with E-state index in [0.29, 0.717) is 17.9 Å². The summed E-state index contributed by atoms with van der Waals surface area (Å²) in [4.78, 5) is 20.1. The standard InChI is InChI=1S/C24H23N3O3S/c1-15-19(16(2)30-26-15)14-29-18-8-5-7-17(13-18)24(28)27-12-6-10-21(27)23-25-20-9-3-4-11-22(20)31-23/h3-5,7-9,11,13,21H,6,10,12,14H2,1-2H3/t21-/m1/s1. The summed E-state index contributed by atoms with van der Waals surface area (Å²) >= 11 is 1.68. The number of amides is 1. The van der Waals surface area contributed by atoms with Gasteiger partial charge in [-0.2, -0.15) is 0 Å². The normalized spacial score (nSPS) is 16.2. The number of nitrogens with zero attached hydrogens (tertiary/aromatic N) is 3. The lowest BCUT2D eigenvalue weighted by atomic mass is 10.1. The first-order valence-corrected chi connectivity index (χ1v) is 11.2. The minimum Gasteiger partial charge on any atom is -0.489 e. The first-order chi connectivity index (χ1) is 15.1. The Balaban J connectivity index is 1.35. The van der Waals surface area contributed by atoms with E-state index in [-0.39, 0.29) is 11.9 Å². The minimum absolute atomic E-state index is 0.0181. The molecule has 1 saturated heterocycles. The molecule has 0 radical (unpaired) electrons. The lowest BCUT2D eigenvalue weighted by Gasteiger charge is -2.23. The number of hydrogen-bond acceptors (Lipinski definition) is 6. The highest BCUT2D eigenvalue weighted by molar-refractivity contribution is 7.18. The number of para-hydroxylation sites is 1. The molecule has 4 aromatic rings. The highest BCUT2D eigenvalue weighted by Gasteiger charge is 2.33. The zero-order valence-corrected chi connectivity index (χ0v) is 18.3. The summed E-state index contributed by atoms with van der Waals surface area (Å²) in [6.45, 7) is 4.86. The SMILES string of the molecule is Cc1noc(C)c1COc1cccc(C(=O)N2CCC[C@@H]2c2nc3ccccc3s2)c1. The van der Waals surface area contributed by atoms with Crippen molar-refractivity contribution in [3.63, 3.8) is 0 Å². The van der Waals surface area contributed by atoms with E-state index in [4.69, 9.17) is 14.2 Å². The molecular formula is C24H23N3O3S. The number of benzene rings is 2. The van der Waals surface area contributed by atoms with Crippen molar-refractivity contribution in [3.8, 4) is 5.75 Å². The molecule has 2 aromatic carbocycles. The van der Waals surface area contributed by atoms with E-state index >= 15 is 0 Å². The fraction of sp³-hybridized carbons (Fsp3) is 0.292. The smallest absolute Gasteiger partial charge is 0.254 e. The van der Waals surface area contributed by atoms with Crippen LogP contribution >= 0.6 is 11.3 Å². The zero-order valence-electron chi connectivity index (χ0n) is 17.5. The summed E-state index contributed by atoms with van der Waals surface area (Å²) < 4.78 is 12.3. The van der Waals surface area contributed by atoms with Crippen molar-refractivity contribution in [2.24, 2.45) is 0 Å². The number of rotatable bonds is 5. The van der Waals surface area contributed by atoms with Gasteiger partial charge in [0.05, 0.1) is 27.5 Å². The van der Waals surface area contributed by atoms with Crippen molar-refractivity contribution in [2.75, 3.05) is 6.54 Å². The Bertz CT molecular complexity index is 1190. The highest BCUT2D eigenvalue weighted by Crippen LogP contribution is 2.37. The summed E-state index contributed by atoms with van der Waals surface area (Å²) in [5.74, 6) is 1.42. The molecular weight excluding hydrogens is 410 g/mol. The third-order valence-corrected chi connectivity index (χ3v) is 6.89. The number of likely N-dealkylation sites (tertiary alicyclic amines) is 1. The maximum Gasteiger partial charge on any atom is 0.254 e. The molecule has 2 aromatic heterocycles. The second-order valence-electron chi connectivity index (χ2n) is 7.80. The molecule has 0 unspecified atom stereocenters. The summed E-state index contributed by atoms with van der Waals surface area (Å²) in [6.07, 6.45) is 1.92. The van der Waals surface area contributed by atoms with Crippen LogP contribution in [0.1, 0.15) is 51.3 Å². The van der Waals surface area contributed by atoms with E-state index in [9.17, 15) is 4.79 Å². The predicted octanol–water partition coefficient (Wildman–Crippen LogP) is 5.46. The maximum atomic E-state index is 13.4. The van der Waals surface area contributed by atoms with Gasteiger partial charge in [-0.05, 0) is 57.0 Å². The molecule has 0 bridgehead atoms. The molecule has 0 saturated carbocycles. The van der Waals surface area contributed by atoms with Crippen LogP contribution < -0.4 is 4.74 Å². The highest BCUT2D eigenvalue weighted by atomic mass is 32.1. The first-order valence-electron chi connectivity index (χ1n) is 10.4. The van der Waals surface area contributed by atoms with Gasteiger partial charge in [0.1, 0.15) is 23.1 Å². The second kappa shape index (κ2) is 8.15. The molecule has 1 atom stereocenters. The quantitative estimate of drug-likeness (QED) is 0.418. The molecule has 6 nitrogen and oxygen atoms in total. The van der Waals surface area contributed by atoms with Crippen LogP contribution in [0.4, 0.5) is 0 Å². The molecule has 0 aliphatic carbocycles. The van der Waals surface area contributed by atoms with Crippen LogP contribution in [-0.2, 0) is 6.61 Å². The third-order valence-electron chi connectivity index (χ3n) is 5.75. The molecule has 31 heavy (non-hydrogen) atoms. The van der Waals surface area contributed by atoms with Gasteiger partial charge in [-0.1, -0.05) is 23.4 Å². The van der Waals surface area contributed by atoms with Crippen LogP contribution in [0.5, 0.6) is 5.75 Å². The largest absolute Gasteiger partial charge is 0.489 e. The van der Waals surface area contributed by atoms with Gasteiger partial charge in [0.25, 0.3) is 5.91 Å². The predicted molar refractivity (Wildman–Crippen MR) is 119 cm³/mol. The number of carbonyl (C=O) groups is 1. The van der Waals surface area contributed by atoms with E-state index < -0.39 is 0 Å². The number of hydrogen-bond donors (Lipinski definition) is 0. The van der Waals surface area contributed by atoms with Crippen LogP contribution in [0.2, 0.25) is 0 Å². The number of thiazole rings is 1. The molecule has 0 N–H and O–H groups in total. The van der Waals surface area contributed by atoms with Gasteiger partial charge in [-0.3, -0.25) is 4.79 Å². The van der Waals surface area contributed by atoms with Crippen LogP contribution in [-0.4, -0.2) is 27.5 Å². The van der Waals surface area contributed by atoms with Gasteiger partial charge >= 0.3 is 0 Å². The Kier molecular flexibility index (Phi) is 5.19. The Morgan fingerprint density at radius 1 is 1.23 bits per heavy atom. The summed E-state index contributed by atoms with van der Waals surface area (Å²) in [6, 6.07) is 15.5. The van der Waals surface area contributed by atoms with E-state index in [0.717, 1.165) is 51.6 Å². The average molecular weight is 434 g/mol. The molecule has 3 heterocycles. The van der Waals surface area contributed by atoms with Gasteiger partial charge in [0.2, 0.25) is 0 Å². The van der Waals surface area contributed by atoms with Crippen LogP contribution in [0.15, 0.2) is 53.1 Å². The number of carbonyl (C=O) groups excluding carboxylic acids is 1. The van der Waals surface area contributed by atoms with Crippen molar-refractivity contribution in [3.05, 3.63) is 76.1 Å². The molecule has 0 spiro atoms. The number of ether oxygens (including phenoxy) is 1. The van der Waals surface area contributed by atoms with Crippen LogP contribution in [0, 0.1) is 13.8 Å². The lowest BCUT2D eigenvalue weighted by molar-refractivity contribution is 0.0735. The van der Waals surface area contributed by atoms with Crippen molar-refractivity contribution >= 4 is 27.5 Å². The molecule has 1 amide bonds. The Morgan fingerprint density at radius 2 is 2.10 bits per heavy atom. The van der Waals surface area contributed by atoms with Gasteiger partial charge < -0.3 is 14.2 Å². The number of aryl methyl sites for hydroxylation is 2. The fourth-order valence-electron chi connectivity index (χ4n) is 4.05. The zero-order chi connectivity index (χ0) is 21.4. The maximum absolute atomic E-state index is 13.4. The monoisotopic (exact) mass is 433 g/mol. The average Bonchev–Trinajstić information content (AvgIpc) is 3.50. The molecule has 5 rings (SSSR count). The van der Waals surface area contributed by atoms with Crippen molar-refractivity contribution < 1.29 is 14.1 Å². The molecule has 1 fully saturated rings. The van der Waals surface area contributed by atoms with Crippen molar-refractivity contribution in [1.29, 1.82) is 0 Å². The summed E-state index contributed by atoms with van der Waals surface area (Å²) in [5.41, 5.74) is 3.38. The second-order valence-corrected chi connectivity index (χ2v) is 8.86. The van der Waals surface area contributed by atoms with E-state index in [2.05, 4.69) is 11.2 Å². The Labute approximate surface area is 184 Å². The lowest BCUT2D eigenvalue weighted by Crippen LogP contribution is -2.30. The van der Waals surface area contributed by atoms with Gasteiger partial charge in [0, 0.05) is 12.1 Å². The van der Waals surface area contributed by atoms with Crippen molar-refractivity contribution in [2.45, 2.75) is 39.3 Å². The van der Waals surface area contributed by atoms with Crippen LogP contribution in [0.3, 0.4) is 0 Å². The van der Waals surface area contributed by atoms with Gasteiger partial charge in [-0.25, -0.2) is 4.98 Å². The number of aromatic nitrogens is 2. The number of fused-ring (bicyclic) bond motifs is 1. The van der Waals surface area contributed by atoms with Gasteiger partial charge in [-0.15, -0.1) is 11.3 Å². The van der Waals surface area contributed by atoms with E-state index in [1.807, 2.05) is 61.2 Å². The minimum atomic E-state index is 0.0181. The molecule has 1 aliphatic heterocycles. The van der Waals surface area contributed by atoms with Gasteiger partial charge in [0.15, 0.2) is 0 Å². The molecule has 7 heteroatoms. The Hall–Kier alpha value is -3.19. The van der Waals surface area contributed by atoms with E-state index in [1.54, 1.807) is 11.3 Å². The molecule has 1 aliphatic rings. The topological polar surface area (TPSA) is 68.5 Å². The Morgan fingerprint density at radius 3 is 2.90 bits per heavy atom.